The number of carbonyl (C=O) groups is 1. The summed E-state index contributed by atoms with van der Waals surface area (Å²) in [5, 5.41) is 3.79. The maximum atomic E-state index is 12.7. The number of nitrogens with one attached hydrogen (secondary N) is 2. The fraction of sp³-hybridized carbons (Fsp3) is 0.300. The molecule has 0 spiro atoms. The van der Waals surface area contributed by atoms with Gasteiger partial charge in [-0.05, 0) is 26.0 Å². The smallest absolute Gasteiger partial charge is 0.264 e. The van der Waals surface area contributed by atoms with Gasteiger partial charge in [0.1, 0.15) is 11.4 Å². The van der Waals surface area contributed by atoms with Crippen LogP contribution < -0.4 is 10.9 Å². The van der Waals surface area contributed by atoms with E-state index >= 15 is 0 Å². The molecule has 2 heterocycles. The average Bonchev–Trinajstić information content (AvgIpc) is 2.94. The van der Waals surface area contributed by atoms with Crippen LogP contribution in [0.2, 0.25) is 5.02 Å². The molecule has 0 bridgehead atoms. The Balaban J connectivity index is 1.89. The fourth-order valence-electron chi connectivity index (χ4n) is 2.69. The Morgan fingerprint density at radius 1 is 1.14 bits per heavy atom. The lowest BCUT2D eigenvalue weighted by Gasteiger charge is -2.18. The van der Waals surface area contributed by atoms with Gasteiger partial charge >= 0.3 is 0 Å². The van der Waals surface area contributed by atoms with Gasteiger partial charge in [-0.15, -0.1) is 11.3 Å². The number of anilines is 1. The zero-order valence-corrected chi connectivity index (χ0v) is 17.9. The Morgan fingerprint density at radius 3 is 2.36 bits per heavy atom. The zero-order valence-electron chi connectivity index (χ0n) is 16.3. The summed E-state index contributed by atoms with van der Waals surface area (Å²) in [6, 6.07) is 7.33. The van der Waals surface area contributed by atoms with E-state index in [1.807, 2.05) is 39.8 Å². The van der Waals surface area contributed by atoms with Crippen LogP contribution in [0.4, 0.5) is 5.13 Å². The number of benzene rings is 1. The van der Waals surface area contributed by atoms with Gasteiger partial charge in [-0.1, -0.05) is 44.5 Å². The minimum absolute atomic E-state index is 0.00565. The van der Waals surface area contributed by atoms with Crippen molar-refractivity contribution < 1.29 is 4.79 Å². The number of amides is 1. The second-order valence-corrected chi connectivity index (χ2v) is 9.15. The van der Waals surface area contributed by atoms with E-state index in [-0.39, 0.29) is 11.0 Å². The summed E-state index contributed by atoms with van der Waals surface area (Å²) in [7, 11) is 0. The van der Waals surface area contributed by atoms with Gasteiger partial charge in [0.05, 0.1) is 11.4 Å². The van der Waals surface area contributed by atoms with Gasteiger partial charge in [-0.2, -0.15) is 0 Å². The fourth-order valence-corrected chi connectivity index (χ4v) is 3.65. The van der Waals surface area contributed by atoms with Gasteiger partial charge < -0.3 is 4.98 Å². The van der Waals surface area contributed by atoms with E-state index in [0.29, 0.717) is 21.7 Å². The Kier molecular flexibility index (Phi) is 5.41. The van der Waals surface area contributed by atoms with Crippen molar-refractivity contribution in [3.63, 3.8) is 0 Å². The van der Waals surface area contributed by atoms with Crippen molar-refractivity contribution in [1.82, 2.24) is 15.0 Å². The van der Waals surface area contributed by atoms with Crippen molar-refractivity contribution in [2.45, 2.75) is 40.0 Å². The van der Waals surface area contributed by atoms with Gasteiger partial charge in [-0.25, -0.2) is 9.97 Å². The Labute approximate surface area is 172 Å². The lowest BCUT2D eigenvalue weighted by Crippen LogP contribution is -2.30. The highest BCUT2D eigenvalue weighted by Gasteiger charge is 2.23. The summed E-state index contributed by atoms with van der Waals surface area (Å²) in [4.78, 5) is 37.7. The first-order valence-corrected chi connectivity index (χ1v) is 9.92. The molecule has 3 aromatic rings. The maximum absolute atomic E-state index is 12.7. The predicted octanol–water partition coefficient (Wildman–Crippen LogP) is 4.71. The van der Waals surface area contributed by atoms with Crippen molar-refractivity contribution >= 4 is 34.0 Å². The first kappa shape index (κ1) is 20.2. The number of halogens is 1. The van der Waals surface area contributed by atoms with E-state index in [9.17, 15) is 9.59 Å². The van der Waals surface area contributed by atoms with Gasteiger partial charge in [0.25, 0.3) is 11.5 Å². The first-order chi connectivity index (χ1) is 13.1. The molecule has 2 N–H and O–H groups in total. The van der Waals surface area contributed by atoms with Crippen molar-refractivity contribution in [2.24, 2.45) is 0 Å². The topological polar surface area (TPSA) is 87.7 Å². The summed E-state index contributed by atoms with van der Waals surface area (Å²) in [6.07, 6.45) is 0. The van der Waals surface area contributed by atoms with Crippen LogP contribution in [-0.4, -0.2) is 20.9 Å². The summed E-state index contributed by atoms with van der Waals surface area (Å²) >= 11 is 7.28. The number of rotatable bonds is 3. The van der Waals surface area contributed by atoms with Crippen molar-refractivity contribution in [3.8, 4) is 11.3 Å². The molecule has 0 radical (unpaired) electrons. The van der Waals surface area contributed by atoms with Crippen LogP contribution in [0.3, 0.4) is 0 Å². The number of hydrogen-bond acceptors (Lipinski definition) is 5. The number of thiazole rings is 1. The van der Waals surface area contributed by atoms with E-state index in [1.165, 1.54) is 11.3 Å². The molecule has 1 aromatic carbocycles. The lowest BCUT2D eigenvalue weighted by molar-refractivity contribution is 0.102. The summed E-state index contributed by atoms with van der Waals surface area (Å²) in [5.41, 5.74) is 1.28. The summed E-state index contributed by atoms with van der Waals surface area (Å²) in [5.74, 6) is 0.0183. The lowest BCUT2D eigenvalue weighted by atomic mass is 9.95. The molecule has 28 heavy (non-hydrogen) atoms. The van der Waals surface area contributed by atoms with Gasteiger partial charge in [0.2, 0.25) is 0 Å². The molecule has 0 fully saturated rings. The van der Waals surface area contributed by atoms with Gasteiger partial charge in [0.15, 0.2) is 5.13 Å². The SMILES string of the molecule is Cc1nc(C(C)(C)C)[nH]c(=O)c1C(=O)Nc1nc(-c2ccc(Cl)cc2)c(C)s1. The van der Waals surface area contributed by atoms with Crippen LogP contribution in [0.5, 0.6) is 0 Å². The van der Waals surface area contributed by atoms with Crippen LogP contribution in [0.15, 0.2) is 29.1 Å². The number of carbonyl (C=O) groups excluding carboxylic acids is 1. The summed E-state index contributed by atoms with van der Waals surface area (Å²) in [6.45, 7) is 9.42. The molecule has 6 nitrogen and oxygen atoms in total. The number of nitrogens with zero attached hydrogens (tertiary/aromatic N) is 2. The third kappa shape index (κ3) is 4.15. The number of aromatic amines is 1. The molecule has 0 saturated carbocycles. The first-order valence-electron chi connectivity index (χ1n) is 8.72. The maximum Gasteiger partial charge on any atom is 0.264 e. The van der Waals surface area contributed by atoms with Crippen LogP contribution in [0.1, 0.15) is 47.5 Å². The number of aryl methyl sites for hydroxylation is 2. The van der Waals surface area contributed by atoms with Crippen molar-refractivity contribution in [1.29, 1.82) is 0 Å². The minimum atomic E-state index is -0.525. The standard InChI is InChI=1S/C20H21ClN4O2S/c1-10-14(16(26)24-18(22-10)20(3,4)5)17(27)25-19-23-15(11(2)28-19)12-6-8-13(21)9-7-12/h6-9H,1-5H3,(H,22,24,26)(H,23,25,27). The highest BCUT2D eigenvalue weighted by molar-refractivity contribution is 7.16. The monoisotopic (exact) mass is 416 g/mol. The molecular formula is C20H21ClN4O2S. The molecular weight excluding hydrogens is 396 g/mol. The van der Waals surface area contributed by atoms with Gasteiger partial charge in [0, 0.05) is 20.9 Å². The van der Waals surface area contributed by atoms with Gasteiger partial charge in [-0.3, -0.25) is 14.9 Å². The molecule has 0 unspecified atom stereocenters. The largest absolute Gasteiger partial charge is 0.309 e. The third-order valence-corrected chi connectivity index (χ3v) is 5.31. The van der Waals surface area contributed by atoms with E-state index in [2.05, 4.69) is 20.3 Å². The second-order valence-electron chi connectivity index (χ2n) is 7.51. The molecule has 0 aliphatic carbocycles. The molecule has 2 aromatic heterocycles. The molecule has 8 heteroatoms. The van der Waals surface area contributed by atoms with E-state index < -0.39 is 11.5 Å². The number of hydrogen-bond donors (Lipinski definition) is 2. The third-order valence-electron chi connectivity index (χ3n) is 4.17. The second kappa shape index (κ2) is 7.48. The highest BCUT2D eigenvalue weighted by atomic mass is 35.5. The van der Waals surface area contributed by atoms with Crippen LogP contribution in [-0.2, 0) is 5.41 Å². The molecule has 0 aliphatic rings. The van der Waals surface area contributed by atoms with Crippen molar-refractivity contribution in [3.05, 3.63) is 61.6 Å². The van der Waals surface area contributed by atoms with E-state index in [1.54, 1.807) is 19.1 Å². The predicted molar refractivity (Wildman–Crippen MR) is 114 cm³/mol. The zero-order chi connectivity index (χ0) is 20.6. The molecule has 1 amide bonds. The molecule has 0 saturated heterocycles. The van der Waals surface area contributed by atoms with Crippen LogP contribution >= 0.6 is 22.9 Å². The Morgan fingerprint density at radius 2 is 1.79 bits per heavy atom. The van der Waals surface area contributed by atoms with Crippen LogP contribution in [0.25, 0.3) is 11.3 Å². The average molecular weight is 417 g/mol. The summed E-state index contributed by atoms with van der Waals surface area (Å²) < 4.78 is 0. The Bertz CT molecular complexity index is 1090. The van der Waals surface area contributed by atoms with E-state index in [0.717, 1.165) is 16.1 Å². The van der Waals surface area contributed by atoms with Crippen molar-refractivity contribution in [2.75, 3.05) is 5.32 Å². The molecule has 3 rings (SSSR count). The Hall–Kier alpha value is -2.51. The van der Waals surface area contributed by atoms with E-state index in [4.69, 9.17) is 11.6 Å². The number of aromatic nitrogens is 3. The highest BCUT2D eigenvalue weighted by Crippen LogP contribution is 2.31. The molecule has 0 aliphatic heterocycles. The normalized spacial score (nSPS) is 11.5. The van der Waals surface area contributed by atoms with Crippen LogP contribution in [0, 0.1) is 13.8 Å². The molecule has 146 valence electrons. The molecule has 0 atom stereocenters. The number of H-pyrrole nitrogens is 1. The quantitative estimate of drug-likeness (QED) is 0.647. The minimum Gasteiger partial charge on any atom is -0.309 e.